The smallest absolute Gasteiger partial charge is 0.224 e. The molecule has 4 nitrogen and oxygen atoms in total. The highest BCUT2D eigenvalue weighted by Gasteiger charge is 2.16. The van der Waals surface area contributed by atoms with E-state index in [9.17, 15) is 4.79 Å². The van der Waals surface area contributed by atoms with Crippen molar-refractivity contribution < 1.29 is 9.53 Å². The number of benzene rings is 1. The van der Waals surface area contributed by atoms with Crippen LogP contribution in [0.3, 0.4) is 0 Å². The van der Waals surface area contributed by atoms with Crippen LogP contribution in [0.2, 0.25) is 0 Å². The molecule has 0 atom stereocenters. The van der Waals surface area contributed by atoms with Crippen molar-refractivity contribution in [3.8, 4) is 0 Å². The molecule has 0 radical (unpaired) electrons. The largest absolute Gasteiger partial charge is 0.378 e. The van der Waals surface area contributed by atoms with Gasteiger partial charge < -0.3 is 14.2 Å². The molecule has 1 amide bonds. The number of amides is 1. The molecule has 4 heteroatoms. The molecule has 2 heterocycles. The van der Waals surface area contributed by atoms with Gasteiger partial charge in [-0.15, -0.1) is 0 Å². The second-order valence-corrected chi connectivity index (χ2v) is 5.31. The minimum absolute atomic E-state index is 0.224. The lowest BCUT2D eigenvalue weighted by Gasteiger charge is -2.27. The van der Waals surface area contributed by atoms with Gasteiger partial charge in [-0.3, -0.25) is 4.79 Å². The summed E-state index contributed by atoms with van der Waals surface area (Å²) in [6.45, 7) is 5.62. The zero-order valence-electron chi connectivity index (χ0n) is 11.8. The number of carbonyl (C=O) groups is 1. The minimum Gasteiger partial charge on any atom is -0.378 e. The van der Waals surface area contributed by atoms with Gasteiger partial charge in [-0.2, -0.15) is 0 Å². The summed E-state index contributed by atoms with van der Waals surface area (Å²) < 4.78 is 7.43. The summed E-state index contributed by atoms with van der Waals surface area (Å²) in [6, 6.07) is 8.53. The zero-order chi connectivity index (χ0) is 13.9. The number of carbonyl (C=O) groups excluding carboxylic acids is 1. The molecule has 1 aliphatic rings. The maximum absolute atomic E-state index is 12.1. The second-order valence-electron chi connectivity index (χ2n) is 5.31. The summed E-state index contributed by atoms with van der Waals surface area (Å²) >= 11 is 0. The van der Waals surface area contributed by atoms with Crippen molar-refractivity contribution >= 4 is 16.8 Å². The van der Waals surface area contributed by atoms with Gasteiger partial charge in [0.1, 0.15) is 0 Å². The van der Waals surface area contributed by atoms with Crippen molar-refractivity contribution in [2.24, 2.45) is 0 Å². The maximum Gasteiger partial charge on any atom is 0.224 e. The summed E-state index contributed by atoms with van der Waals surface area (Å²) in [5.74, 6) is 0.224. The lowest BCUT2D eigenvalue weighted by molar-refractivity contribution is -0.135. The molecule has 0 N–H and O–H groups in total. The molecule has 20 heavy (non-hydrogen) atoms. The van der Waals surface area contributed by atoms with Crippen molar-refractivity contribution in [1.82, 2.24) is 9.47 Å². The predicted molar refractivity (Wildman–Crippen MR) is 78.7 cm³/mol. The van der Waals surface area contributed by atoms with Gasteiger partial charge in [0, 0.05) is 37.8 Å². The van der Waals surface area contributed by atoms with Crippen LogP contribution in [0.5, 0.6) is 0 Å². The maximum atomic E-state index is 12.1. The fourth-order valence-corrected chi connectivity index (χ4v) is 2.70. The van der Waals surface area contributed by atoms with Gasteiger partial charge in [0.2, 0.25) is 5.91 Å². The molecule has 1 saturated heterocycles. The van der Waals surface area contributed by atoms with Crippen molar-refractivity contribution in [3.63, 3.8) is 0 Å². The number of morpholine rings is 1. The van der Waals surface area contributed by atoms with Crippen LogP contribution in [0, 0.1) is 6.92 Å². The Morgan fingerprint density at radius 2 is 2.05 bits per heavy atom. The van der Waals surface area contributed by atoms with E-state index in [1.54, 1.807) is 0 Å². The summed E-state index contributed by atoms with van der Waals surface area (Å²) in [4.78, 5) is 14.0. The molecule has 0 aliphatic carbocycles. The van der Waals surface area contributed by atoms with Crippen LogP contribution in [0.25, 0.3) is 10.9 Å². The Labute approximate surface area is 118 Å². The molecule has 0 unspecified atom stereocenters. The highest BCUT2D eigenvalue weighted by molar-refractivity contribution is 5.81. The van der Waals surface area contributed by atoms with Gasteiger partial charge >= 0.3 is 0 Å². The first-order valence-corrected chi connectivity index (χ1v) is 7.15. The molecule has 2 aromatic rings. The summed E-state index contributed by atoms with van der Waals surface area (Å²) in [7, 11) is 0. The molecule has 0 saturated carbocycles. The molecular weight excluding hydrogens is 252 g/mol. The number of fused-ring (bicyclic) bond motifs is 1. The summed E-state index contributed by atoms with van der Waals surface area (Å²) in [6.07, 6.45) is 2.62. The average molecular weight is 272 g/mol. The fourth-order valence-electron chi connectivity index (χ4n) is 2.70. The van der Waals surface area contributed by atoms with E-state index in [-0.39, 0.29) is 5.91 Å². The van der Waals surface area contributed by atoms with Crippen molar-refractivity contribution in [2.75, 3.05) is 26.3 Å². The lowest BCUT2D eigenvalue weighted by atomic mass is 10.2. The first-order valence-electron chi connectivity index (χ1n) is 7.15. The average Bonchev–Trinajstić information content (AvgIpc) is 2.88. The van der Waals surface area contributed by atoms with Crippen LogP contribution in [0.4, 0.5) is 0 Å². The summed E-state index contributed by atoms with van der Waals surface area (Å²) in [5.41, 5.74) is 2.46. The van der Waals surface area contributed by atoms with E-state index in [4.69, 9.17) is 4.74 Å². The van der Waals surface area contributed by atoms with Gasteiger partial charge in [-0.1, -0.05) is 11.6 Å². The topological polar surface area (TPSA) is 34.5 Å². The number of aromatic nitrogens is 1. The first-order chi connectivity index (χ1) is 9.74. The molecule has 1 fully saturated rings. The third-order valence-electron chi connectivity index (χ3n) is 3.86. The second kappa shape index (κ2) is 5.67. The molecule has 1 aromatic carbocycles. The highest BCUT2D eigenvalue weighted by Crippen LogP contribution is 2.18. The Balaban J connectivity index is 1.66. The van der Waals surface area contributed by atoms with E-state index < -0.39 is 0 Å². The number of rotatable bonds is 3. The van der Waals surface area contributed by atoms with E-state index in [1.807, 2.05) is 4.90 Å². The SMILES string of the molecule is Cc1ccc2c(ccn2CCC(=O)N2CCOCC2)c1. The highest BCUT2D eigenvalue weighted by atomic mass is 16.5. The standard InChI is InChI=1S/C16H20N2O2/c1-13-2-3-15-14(12-13)4-6-17(15)7-5-16(19)18-8-10-20-11-9-18/h2-4,6,12H,5,7-11H2,1H3. The molecular formula is C16H20N2O2. The van der Waals surface area contributed by atoms with Crippen LogP contribution in [0.15, 0.2) is 30.5 Å². The van der Waals surface area contributed by atoms with E-state index in [1.165, 1.54) is 16.5 Å². The van der Waals surface area contributed by atoms with Gasteiger partial charge in [0.05, 0.1) is 13.2 Å². The molecule has 106 valence electrons. The predicted octanol–water partition coefficient (Wildman–Crippen LogP) is 2.20. The normalized spacial score (nSPS) is 15.8. The van der Waals surface area contributed by atoms with Gasteiger partial charge in [0.15, 0.2) is 0 Å². The van der Waals surface area contributed by atoms with E-state index in [2.05, 4.69) is 42.0 Å². The van der Waals surface area contributed by atoms with Crippen LogP contribution in [-0.2, 0) is 16.1 Å². The first kappa shape index (κ1) is 13.2. The van der Waals surface area contributed by atoms with Crippen molar-refractivity contribution in [3.05, 3.63) is 36.0 Å². The Bertz CT molecular complexity index is 612. The van der Waals surface area contributed by atoms with Gasteiger partial charge in [-0.05, 0) is 30.5 Å². The van der Waals surface area contributed by atoms with Gasteiger partial charge in [-0.25, -0.2) is 0 Å². The Morgan fingerprint density at radius 1 is 1.25 bits per heavy atom. The van der Waals surface area contributed by atoms with Crippen LogP contribution in [-0.4, -0.2) is 41.7 Å². The number of aryl methyl sites for hydroxylation is 2. The fraction of sp³-hybridized carbons (Fsp3) is 0.438. The number of hydrogen-bond acceptors (Lipinski definition) is 2. The Hall–Kier alpha value is -1.81. The summed E-state index contributed by atoms with van der Waals surface area (Å²) in [5, 5.41) is 1.24. The molecule has 1 aromatic heterocycles. The van der Waals surface area contributed by atoms with Crippen molar-refractivity contribution in [2.45, 2.75) is 19.9 Å². The van der Waals surface area contributed by atoms with Gasteiger partial charge in [0.25, 0.3) is 0 Å². The molecule has 0 spiro atoms. The van der Waals surface area contributed by atoms with Crippen LogP contribution in [0.1, 0.15) is 12.0 Å². The Kier molecular flexibility index (Phi) is 3.74. The molecule has 1 aliphatic heterocycles. The third kappa shape index (κ3) is 2.70. The molecule has 3 rings (SSSR count). The number of ether oxygens (including phenoxy) is 1. The third-order valence-corrected chi connectivity index (χ3v) is 3.86. The van der Waals surface area contributed by atoms with E-state index in [0.717, 1.165) is 19.6 Å². The Morgan fingerprint density at radius 3 is 2.85 bits per heavy atom. The van der Waals surface area contributed by atoms with E-state index in [0.29, 0.717) is 19.6 Å². The molecule has 0 bridgehead atoms. The number of hydrogen-bond donors (Lipinski definition) is 0. The van der Waals surface area contributed by atoms with Crippen LogP contribution >= 0.6 is 0 Å². The minimum atomic E-state index is 0.224. The lowest BCUT2D eigenvalue weighted by Crippen LogP contribution is -2.40. The quantitative estimate of drug-likeness (QED) is 0.858. The monoisotopic (exact) mass is 272 g/mol. The van der Waals surface area contributed by atoms with E-state index >= 15 is 0 Å². The zero-order valence-corrected chi connectivity index (χ0v) is 11.8. The van der Waals surface area contributed by atoms with Crippen molar-refractivity contribution in [1.29, 1.82) is 0 Å². The number of nitrogens with zero attached hydrogens (tertiary/aromatic N) is 2. The van der Waals surface area contributed by atoms with Crippen LogP contribution < -0.4 is 0 Å².